The van der Waals surface area contributed by atoms with Crippen molar-refractivity contribution in [1.82, 2.24) is 15.4 Å². The first kappa shape index (κ1) is 13.0. The molecule has 0 radical (unpaired) electrons. The number of benzene rings is 1. The number of H-pyrrole nitrogens is 1. The van der Waals surface area contributed by atoms with E-state index in [1.54, 1.807) is 0 Å². The number of carbonyl (C=O) groups excluding carboxylic acids is 1. The number of nitrogens with zero attached hydrogens (tertiary/aromatic N) is 2. The Hall–Kier alpha value is -2.45. The first-order valence-corrected chi connectivity index (χ1v) is 4.88. The average Bonchev–Trinajstić information content (AvgIpc) is 2.76. The average molecular weight is 274 g/mol. The molecule has 5 nitrogen and oxygen atoms in total. The highest BCUT2D eigenvalue weighted by atomic mass is 19.4. The smallest absolute Gasteiger partial charge is 0.364 e. The Balaban J connectivity index is 2.53. The number of hydrogen-bond acceptors (Lipinski definition) is 3. The molecule has 2 rings (SSSR count). The van der Waals surface area contributed by atoms with Crippen LogP contribution in [0.5, 0.6) is 0 Å². The molecule has 0 fully saturated rings. The third kappa shape index (κ3) is 2.39. The molecule has 0 atom stereocenters. The second kappa shape index (κ2) is 4.34. The summed E-state index contributed by atoms with van der Waals surface area (Å²) in [5.74, 6) is -2.14. The quantitative estimate of drug-likeness (QED) is 0.818. The molecule has 0 saturated carbocycles. The van der Waals surface area contributed by atoms with E-state index in [1.807, 2.05) is 0 Å². The molecule has 1 amide bonds. The molecule has 0 aliphatic heterocycles. The number of primary amides is 1. The lowest BCUT2D eigenvalue weighted by molar-refractivity contribution is -0.137. The predicted octanol–water partition coefficient (Wildman–Crippen LogP) is 1.73. The van der Waals surface area contributed by atoms with E-state index in [4.69, 9.17) is 5.73 Å². The lowest BCUT2D eigenvalue weighted by Crippen LogP contribution is -2.13. The van der Waals surface area contributed by atoms with Crippen LogP contribution in [0.25, 0.3) is 11.3 Å². The standard InChI is InChI=1S/C10H6F4N4O/c11-6-3-4(10(12,13)14)1-2-5(6)7-8(9(15)19)17-18-16-7/h1-3H,(H2,15,19)(H,16,17,18). The zero-order valence-corrected chi connectivity index (χ0v) is 9.12. The highest BCUT2D eigenvalue weighted by Crippen LogP contribution is 2.32. The maximum absolute atomic E-state index is 13.7. The highest BCUT2D eigenvalue weighted by molar-refractivity contribution is 5.96. The van der Waals surface area contributed by atoms with Gasteiger partial charge >= 0.3 is 6.18 Å². The van der Waals surface area contributed by atoms with Gasteiger partial charge in [-0.15, -0.1) is 0 Å². The molecule has 0 saturated heterocycles. The van der Waals surface area contributed by atoms with E-state index < -0.39 is 23.5 Å². The summed E-state index contributed by atoms with van der Waals surface area (Å²) in [4.78, 5) is 11.0. The molecule has 2 aromatic rings. The molecule has 0 aliphatic carbocycles. The number of carbonyl (C=O) groups is 1. The van der Waals surface area contributed by atoms with Crippen molar-refractivity contribution < 1.29 is 22.4 Å². The first-order valence-electron chi connectivity index (χ1n) is 4.88. The Labute approximate surface area is 103 Å². The van der Waals surface area contributed by atoms with Gasteiger partial charge in [0.15, 0.2) is 5.69 Å². The van der Waals surface area contributed by atoms with Crippen LogP contribution in [0, 0.1) is 5.82 Å². The van der Waals surface area contributed by atoms with Gasteiger partial charge in [-0.2, -0.15) is 28.6 Å². The summed E-state index contributed by atoms with van der Waals surface area (Å²) in [5, 5.41) is 8.97. The van der Waals surface area contributed by atoms with E-state index in [0.29, 0.717) is 12.1 Å². The minimum atomic E-state index is -4.66. The van der Waals surface area contributed by atoms with Crippen molar-refractivity contribution in [3.8, 4) is 11.3 Å². The number of nitrogens with two attached hydrogens (primary N) is 1. The Morgan fingerprint density at radius 1 is 1.26 bits per heavy atom. The van der Waals surface area contributed by atoms with Gasteiger partial charge in [-0.1, -0.05) is 0 Å². The van der Waals surface area contributed by atoms with Gasteiger partial charge in [0.2, 0.25) is 0 Å². The molecule has 0 spiro atoms. The molecule has 0 bridgehead atoms. The first-order chi connectivity index (χ1) is 8.80. The highest BCUT2D eigenvalue weighted by Gasteiger charge is 2.31. The molecule has 0 unspecified atom stereocenters. The number of amides is 1. The number of nitrogens with one attached hydrogen (secondary N) is 1. The number of alkyl halides is 3. The Kier molecular flexibility index (Phi) is 2.97. The summed E-state index contributed by atoms with van der Waals surface area (Å²) < 4.78 is 50.8. The molecule has 9 heteroatoms. The van der Waals surface area contributed by atoms with Crippen molar-refractivity contribution in [2.75, 3.05) is 0 Å². The summed E-state index contributed by atoms with van der Waals surface area (Å²) >= 11 is 0. The van der Waals surface area contributed by atoms with Crippen LogP contribution in [0.3, 0.4) is 0 Å². The molecule has 1 heterocycles. The Bertz CT molecular complexity index is 635. The molecule has 1 aromatic heterocycles. The largest absolute Gasteiger partial charge is 0.416 e. The van der Waals surface area contributed by atoms with Crippen molar-refractivity contribution in [1.29, 1.82) is 0 Å². The summed E-state index contributed by atoms with van der Waals surface area (Å²) in [6.07, 6.45) is -4.66. The van der Waals surface area contributed by atoms with Crippen LogP contribution in [0.4, 0.5) is 17.6 Å². The van der Waals surface area contributed by atoms with Crippen LogP contribution in [-0.4, -0.2) is 21.3 Å². The van der Waals surface area contributed by atoms with Gasteiger partial charge < -0.3 is 5.73 Å². The third-order valence-electron chi connectivity index (χ3n) is 2.33. The molecule has 3 N–H and O–H groups in total. The summed E-state index contributed by atoms with van der Waals surface area (Å²) in [6, 6.07) is 1.86. The normalized spacial score (nSPS) is 11.6. The van der Waals surface area contributed by atoms with Crippen molar-refractivity contribution >= 4 is 5.91 Å². The van der Waals surface area contributed by atoms with Gasteiger partial charge in [0.25, 0.3) is 5.91 Å². The van der Waals surface area contributed by atoms with Crippen LogP contribution >= 0.6 is 0 Å². The number of aromatic nitrogens is 3. The summed E-state index contributed by atoms with van der Waals surface area (Å²) in [7, 11) is 0. The Morgan fingerprint density at radius 3 is 2.47 bits per heavy atom. The lowest BCUT2D eigenvalue weighted by Gasteiger charge is -2.08. The monoisotopic (exact) mass is 274 g/mol. The van der Waals surface area contributed by atoms with E-state index in [9.17, 15) is 22.4 Å². The van der Waals surface area contributed by atoms with Crippen LogP contribution < -0.4 is 5.73 Å². The van der Waals surface area contributed by atoms with Crippen LogP contribution in [0.1, 0.15) is 16.1 Å². The van der Waals surface area contributed by atoms with Crippen molar-refractivity contribution in [2.24, 2.45) is 5.73 Å². The topological polar surface area (TPSA) is 84.7 Å². The number of hydrogen-bond donors (Lipinski definition) is 2. The lowest BCUT2D eigenvalue weighted by atomic mass is 10.1. The fourth-order valence-corrected chi connectivity index (χ4v) is 1.47. The second-order valence-corrected chi connectivity index (χ2v) is 3.58. The predicted molar refractivity (Wildman–Crippen MR) is 55.3 cm³/mol. The van der Waals surface area contributed by atoms with Gasteiger partial charge in [-0.25, -0.2) is 4.39 Å². The van der Waals surface area contributed by atoms with Crippen molar-refractivity contribution in [2.45, 2.75) is 6.18 Å². The molecule has 19 heavy (non-hydrogen) atoms. The fraction of sp³-hybridized carbons (Fsp3) is 0.100. The van der Waals surface area contributed by atoms with E-state index in [-0.39, 0.29) is 17.0 Å². The zero-order chi connectivity index (χ0) is 14.2. The fourth-order valence-electron chi connectivity index (χ4n) is 1.47. The molecule has 100 valence electrons. The zero-order valence-electron chi connectivity index (χ0n) is 9.12. The second-order valence-electron chi connectivity index (χ2n) is 3.58. The maximum atomic E-state index is 13.7. The summed E-state index contributed by atoms with van der Waals surface area (Å²) in [5.41, 5.74) is 2.96. The van der Waals surface area contributed by atoms with Crippen LogP contribution in [-0.2, 0) is 6.18 Å². The van der Waals surface area contributed by atoms with Crippen LogP contribution in [0.15, 0.2) is 18.2 Å². The van der Waals surface area contributed by atoms with Crippen molar-refractivity contribution in [3.63, 3.8) is 0 Å². The van der Waals surface area contributed by atoms with E-state index in [2.05, 4.69) is 15.4 Å². The van der Waals surface area contributed by atoms with E-state index >= 15 is 0 Å². The molecular weight excluding hydrogens is 268 g/mol. The Morgan fingerprint density at radius 2 is 1.95 bits per heavy atom. The number of halogens is 4. The third-order valence-corrected chi connectivity index (χ3v) is 2.33. The van der Waals surface area contributed by atoms with Gasteiger partial charge in [-0.05, 0) is 18.2 Å². The minimum Gasteiger partial charge on any atom is -0.364 e. The van der Waals surface area contributed by atoms with Gasteiger partial charge in [-0.3, -0.25) is 4.79 Å². The molecule has 1 aromatic carbocycles. The maximum Gasteiger partial charge on any atom is 0.416 e. The van der Waals surface area contributed by atoms with E-state index in [1.165, 1.54) is 0 Å². The van der Waals surface area contributed by atoms with E-state index in [0.717, 1.165) is 6.07 Å². The van der Waals surface area contributed by atoms with Crippen molar-refractivity contribution in [3.05, 3.63) is 35.3 Å². The molecular formula is C10H6F4N4O. The summed E-state index contributed by atoms with van der Waals surface area (Å²) in [6.45, 7) is 0. The minimum absolute atomic E-state index is 0.237. The SMILES string of the molecule is NC(=O)c1n[nH]nc1-c1ccc(C(F)(F)F)cc1F. The van der Waals surface area contributed by atoms with Gasteiger partial charge in [0.1, 0.15) is 11.5 Å². The molecule has 0 aliphatic rings. The van der Waals surface area contributed by atoms with Gasteiger partial charge in [0.05, 0.1) is 5.56 Å². The number of rotatable bonds is 2. The van der Waals surface area contributed by atoms with Crippen LogP contribution in [0.2, 0.25) is 0 Å². The number of aromatic amines is 1. The van der Waals surface area contributed by atoms with Gasteiger partial charge in [0, 0.05) is 5.56 Å².